The smallest absolute Gasteiger partial charge is 0.264 e. The van der Waals surface area contributed by atoms with Gasteiger partial charge in [0.15, 0.2) is 0 Å². The topological polar surface area (TPSA) is 63.6 Å². The van der Waals surface area contributed by atoms with E-state index in [4.69, 9.17) is 9.29 Å². The van der Waals surface area contributed by atoms with Gasteiger partial charge < -0.3 is 4.74 Å². The Kier molecular flexibility index (Phi) is 14.1. The van der Waals surface area contributed by atoms with E-state index in [0.29, 0.717) is 19.4 Å². The molecular formula is C24H42O4S. The minimum absolute atomic E-state index is 0.197. The van der Waals surface area contributed by atoms with Gasteiger partial charge in [-0.3, -0.25) is 4.55 Å². The Balaban J connectivity index is 2.56. The lowest BCUT2D eigenvalue weighted by Crippen LogP contribution is -2.07. The summed E-state index contributed by atoms with van der Waals surface area (Å²) in [4.78, 5) is 0. The number of rotatable bonds is 18. The Hall–Kier alpha value is -1.07. The third-order valence-electron chi connectivity index (χ3n) is 5.30. The van der Waals surface area contributed by atoms with Gasteiger partial charge in [0, 0.05) is 0 Å². The van der Waals surface area contributed by atoms with Gasteiger partial charge >= 0.3 is 0 Å². The molecule has 0 unspecified atom stereocenters. The zero-order valence-corrected chi connectivity index (χ0v) is 19.4. The van der Waals surface area contributed by atoms with Gasteiger partial charge in [0.05, 0.1) is 12.4 Å². The Morgan fingerprint density at radius 1 is 0.793 bits per heavy atom. The fraction of sp³-hybridized carbons (Fsp3) is 0.750. The third-order valence-corrected chi connectivity index (χ3v) is 6.10. The maximum Gasteiger partial charge on any atom is 0.264 e. The summed E-state index contributed by atoms with van der Waals surface area (Å²) >= 11 is 0. The third kappa shape index (κ3) is 13.7. The van der Waals surface area contributed by atoms with Gasteiger partial charge in [0.1, 0.15) is 5.75 Å². The van der Waals surface area contributed by atoms with Crippen LogP contribution in [0.2, 0.25) is 0 Å². The van der Waals surface area contributed by atoms with Gasteiger partial charge in [-0.25, -0.2) is 0 Å². The molecule has 5 heteroatoms. The van der Waals surface area contributed by atoms with E-state index in [0.717, 1.165) is 18.6 Å². The van der Waals surface area contributed by atoms with Crippen molar-refractivity contribution in [2.24, 2.45) is 0 Å². The van der Waals surface area contributed by atoms with Crippen LogP contribution in [0.25, 0.3) is 0 Å². The molecule has 0 spiro atoms. The van der Waals surface area contributed by atoms with Crippen molar-refractivity contribution in [3.8, 4) is 5.75 Å². The van der Waals surface area contributed by atoms with Crippen LogP contribution in [0, 0.1) is 0 Å². The van der Waals surface area contributed by atoms with Gasteiger partial charge in [-0.1, -0.05) is 77.3 Å². The highest BCUT2D eigenvalue weighted by Gasteiger charge is 2.08. The standard InChI is InChI=1S/C24H42O4S/c1-3-5-7-9-11-15-22-17-18-24(28-19-13-14-20-29(25,26)27)23(21-22)16-12-10-8-6-4-2/h17-18,21H,3-16,19-20H2,1-2H3,(H,25,26,27). The predicted octanol–water partition coefficient (Wildman–Crippen LogP) is 6.76. The van der Waals surface area contributed by atoms with Crippen LogP contribution in [0.1, 0.15) is 102 Å². The van der Waals surface area contributed by atoms with Crippen molar-refractivity contribution in [1.29, 1.82) is 0 Å². The van der Waals surface area contributed by atoms with Crippen LogP contribution < -0.4 is 4.74 Å². The van der Waals surface area contributed by atoms with Gasteiger partial charge in [-0.05, 0) is 55.7 Å². The first-order chi connectivity index (χ1) is 14.0. The zero-order chi connectivity index (χ0) is 21.4. The number of aryl methyl sites for hydroxylation is 2. The molecule has 0 radical (unpaired) electrons. The van der Waals surface area contributed by atoms with E-state index >= 15 is 0 Å². The van der Waals surface area contributed by atoms with Crippen molar-refractivity contribution < 1.29 is 17.7 Å². The number of hydrogen-bond donors (Lipinski definition) is 1. The normalized spacial score (nSPS) is 11.7. The average molecular weight is 427 g/mol. The van der Waals surface area contributed by atoms with Gasteiger partial charge in [0.2, 0.25) is 0 Å². The fourth-order valence-electron chi connectivity index (χ4n) is 3.54. The maximum atomic E-state index is 10.8. The van der Waals surface area contributed by atoms with E-state index in [1.807, 2.05) is 0 Å². The molecule has 0 bridgehead atoms. The number of hydrogen-bond acceptors (Lipinski definition) is 3. The Morgan fingerprint density at radius 3 is 2.03 bits per heavy atom. The Labute approximate surface area is 179 Å². The molecule has 0 saturated carbocycles. The van der Waals surface area contributed by atoms with E-state index < -0.39 is 10.1 Å². The lowest BCUT2D eigenvalue weighted by atomic mass is 9.99. The second-order valence-electron chi connectivity index (χ2n) is 8.11. The molecule has 1 rings (SSSR count). The van der Waals surface area contributed by atoms with E-state index in [2.05, 4.69) is 32.0 Å². The monoisotopic (exact) mass is 426 g/mol. The summed E-state index contributed by atoms with van der Waals surface area (Å²) in [7, 11) is -3.87. The number of unbranched alkanes of at least 4 members (excludes halogenated alkanes) is 9. The van der Waals surface area contributed by atoms with Crippen LogP contribution in [0.5, 0.6) is 5.75 Å². The van der Waals surface area contributed by atoms with Crippen molar-refractivity contribution in [2.75, 3.05) is 12.4 Å². The molecule has 0 aliphatic heterocycles. The lowest BCUT2D eigenvalue weighted by molar-refractivity contribution is 0.305. The molecule has 0 fully saturated rings. The van der Waals surface area contributed by atoms with Crippen LogP contribution >= 0.6 is 0 Å². The summed E-state index contributed by atoms with van der Waals surface area (Å²) in [5.74, 6) is 0.736. The summed E-state index contributed by atoms with van der Waals surface area (Å²) in [5.41, 5.74) is 2.67. The SMILES string of the molecule is CCCCCCCc1ccc(OCCCCS(=O)(=O)O)c(CCCCCCC)c1. The molecule has 0 amide bonds. The molecule has 0 aliphatic carbocycles. The van der Waals surface area contributed by atoms with E-state index in [1.54, 1.807) is 0 Å². The highest BCUT2D eigenvalue weighted by atomic mass is 32.2. The van der Waals surface area contributed by atoms with E-state index in [1.165, 1.54) is 75.3 Å². The van der Waals surface area contributed by atoms with Gasteiger partial charge in [-0.2, -0.15) is 8.42 Å². The molecule has 1 aromatic carbocycles. The van der Waals surface area contributed by atoms with Crippen molar-refractivity contribution >= 4 is 10.1 Å². The molecule has 29 heavy (non-hydrogen) atoms. The summed E-state index contributed by atoms with van der Waals surface area (Å²) in [6, 6.07) is 6.58. The van der Waals surface area contributed by atoms with Crippen LogP contribution in [0.3, 0.4) is 0 Å². The summed E-state index contributed by atoms with van der Waals surface area (Å²) < 4.78 is 36.4. The van der Waals surface area contributed by atoms with Crippen molar-refractivity contribution in [3.05, 3.63) is 29.3 Å². The summed E-state index contributed by atoms with van der Waals surface area (Å²) in [6.07, 6.45) is 15.9. The molecule has 0 atom stereocenters. The molecular weight excluding hydrogens is 384 g/mol. The highest BCUT2D eigenvalue weighted by molar-refractivity contribution is 7.85. The first-order valence-electron chi connectivity index (χ1n) is 11.7. The zero-order valence-electron chi connectivity index (χ0n) is 18.6. The second kappa shape index (κ2) is 15.7. The van der Waals surface area contributed by atoms with Crippen LogP contribution in [-0.2, 0) is 23.0 Å². The molecule has 0 saturated heterocycles. The first kappa shape index (κ1) is 26.0. The number of ether oxygens (including phenoxy) is 1. The van der Waals surface area contributed by atoms with E-state index in [-0.39, 0.29) is 5.75 Å². The van der Waals surface area contributed by atoms with Crippen LogP contribution in [-0.4, -0.2) is 25.3 Å². The van der Waals surface area contributed by atoms with Crippen molar-refractivity contribution in [3.63, 3.8) is 0 Å². The van der Waals surface area contributed by atoms with E-state index in [9.17, 15) is 8.42 Å². The first-order valence-corrected chi connectivity index (χ1v) is 13.3. The molecule has 0 aromatic heterocycles. The quantitative estimate of drug-likeness (QED) is 0.208. The summed E-state index contributed by atoms with van der Waals surface area (Å²) in [5, 5.41) is 0. The largest absolute Gasteiger partial charge is 0.493 e. The molecule has 4 nitrogen and oxygen atoms in total. The molecule has 0 aliphatic rings. The Morgan fingerprint density at radius 2 is 1.41 bits per heavy atom. The lowest BCUT2D eigenvalue weighted by Gasteiger charge is -2.14. The maximum absolute atomic E-state index is 10.8. The minimum atomic E-state index is -3.87. The summed E-state index contributed by atoms with van der Waals surface area (Å²) in [6.45, 7) is 4.96. The van der Waals surface area contributed by atoms with Gasteiger partial charge in [-0.15, -0.1) is 0 Å². The van der Waals surface area contributed by atoms with Crippen LogP contribution in [0.15, 0.2) is 18.2 Å². The average Bonchev–Trinajstić information content (AvgIpc) is 2.67. The van der Waals surface area contributed by atoms with Crippen molar-refractivity contribution in [2.45, 2.75) is 104 Å². The minimum Gasteiger partial charge on any atom is -0.493 e. The molecule has 1 aromatic rings. The highest BCUT2D eigenvalue weighted by Crippen LogP contribution is 2.24. The van der Waals surface area contributed by atoms with Gasteiger partial charge in [0.25, 0.3) is 10.1 Å². The molecule has 1 N–H and O–H groups in total. The fourth-order valence-corrected chi connectivity index (χ4v) is 4.11. The second-order valence-corrected chi connectivity index (χ2v) is 9.68. The van der Waals surface area contributed by atoms with Crippen LogP contribution in [0.4, 0.5) is 0 Å². The number of benzene rings is 1. The molecule has 168 valence electrons. The predicted molar refractivity (Wildman–Crippen MR) is 123 cm³/mol. The Bertz CT molecular complexity index is 640. The molecule has 0 heterocycles. The van der Waals surface area contributed by atoms with Crippen molar-refractivity contribution in [1.82, 2.24) is 0 Å².